The minimum absolute atomic E-state index is 0.0531. The fraction of sp³-hybridized carbons (Fsp3) is 0.909. The Bertz CT molecular complexity index is 174. The number of unbranched alkanes of at least 4 members (excludes halogenated alkanes) is 1. The van der Waals surface area contributed by atoms with Crippen LogP contribution in [0, 0.1) is 0 Å². The molecule has 0 aliphatic heterocycles. The van der Waals surface area contributed by atoms with Crippen molar-refractivity contribution in [2.75, 3.05) is 13.2 Å². The van der Waals surface area contributed by atoms with Gasteiger partial charge in [-0.2, -0.15) is 0 Å². The van der Waals surface area contributed by atoms with Crippen LogP contribution in [0.4, 0.5) is 0 Å². The van der Waals surface area contributed by atoms with Gasteiger partial charge in [0.15, 0.2) is 0 Å². The van der Waals surface area contributed by atoms with Crippen LogP contribution in [0.5, 0.6) is 0 Å². The number of hydrogen-bond donors (Lipinski definition) is 2. The van der Waals surface area contributed by atoms with Crippen LogP contribution >= 0.6 is 0 Å². The van der Waals surface area contributed by atoms with E-state index in [0.29, 0.717) is 13.2 Å². The molecule has 0 radical (unpaired) electrons. The van der Waals surface area contributed by atoms with Crippen molar-refractivity contribution >= 4 is 5.91 Å². The molecule has 0 heterocycles. The number of carbonyl (C=O) groups is 1. The van der Waals surface area contributed by atoms with Crippen LogP contribution in [0.15, 0.2) is 0 Å². The van der Waals surface area contributed by atoms with Gasteiger partial charge in [0.25, 0.3) is 0 Å². The first-order chi connectivity index (χ1) is 7.11. The number of amides is 1. The van der Waals surface area contributed by atoms with Crippen LogP contribution in [0.25, 0.3) is 0 Å². The second-order valence-electron chi connectivity index (χ2n) is 3.76. The molecule has 1 unspecified atom stereocenters. The summed E-state index contributed by atoms with van der Waals surface area (Å²) in [4.78, 5) is 11.5. The molecule has 0 fully saturated rings. The minimum atomic E-state index is -0.376. The first-order valence-corrected chi connectivity index (χ1v) is 5.76. The smallest absolute Gasteiger partial charge is 0.237 e. The normalized spacial score (nSPS) is 14.7. The van der Waals surface area contributed by atoms with E-state index >= 15 is 0 Å². The van der Waals surface area contributed by atoms with Gasteiger partial charge in [0.2, 0.25) is 5.91 Å². The number of rotatable bonds is 8. The highest BCUT2D eigenvalue weighted by Crippen LogP contribution is 1.98. The maximum absolute atomic E-state index is 11.5. The Labute approximate surface area is 92.6 Å². The van der Waals surface area contributed by atoms with Crippen LogP contribution in [0.2, 0.25) is 0 Å². The van der Waals surface area contributed by atoms with Crippen molar-refractivity contribution in [3.05, 3.63) is 0 Å². The van der Waals surface area contributed by atoms with Crippen molar-refractivity contribution in [1.82, 2.24) is 5.32 Å². The summed E-state index contributed by atoms with van der Waals surface area (Å²) in [6, 6.07) is -0.376. The monoisotopic (exact) mass is 216 g/mol. The van der Waals surface area contributed by atoms with Gasteiger partial charge < -0.3 is 15.8 Å². The lowest BCUT2D eigenvalue weighted by molar-refractivity contribution is -0.123. The first kappa shape index (κ1) is 14.4. The van der Waals surface area contributed by atoms with Crippen molar-refractivity contribution in [3.63, 3.8) is 0 Å². The lowest BCUT2D eigenvalue weighted by Gasteiger charge is -2.15. The summed E-state index contributed by atoms with van der Waals surface area (Å²) in [6.07, 6.45) is 2.87. The largest absolute Gasteiger partial charge is 0.377 e. The van der Waals surface area contributed by atoms with E-state index in [1.807, 2.05) is 13.8 Å². The molecule has 3 N–H and O–H groups in total. The molecule has 0 bridgehead atoms. The molecule has 0 saturated carbocycles. The van der Waals surface area contributed by atoms with Crippen molar-refractivity contribution < 1.29 is 9.53 Å². The van der Waals surface area contributed by atoms with Gasteiger partial charge in [0.1, 0.15) is 0 Å². The molecule has 4 nitrogen and oxygen atoms in total. The molecule has 90 valence electrons. The van der Waals surface area contributed by atoms with Crippen molar-refractivity contribution in [1.29, 1.82) is 0 Å². The Balaban J connectivity index is 3.63. The SMILES string of the molecule is CCCC[C@H](N)C(=O)NCC(C)OCC. The molecule has 0 rings (SSSR count). The fourth-order valence-electron chi connectivity index (χ4n) is 1.27. The van der Waals surface area contributed by atoms with E-state index in [2.05, 4.69) is 12.2 Å². The Morgan fingerprint density at radius 3 is 2.67 bits per heavy atom. The number of hydrogen-bond acceptors (Lipinski definition) is 3. The lowest BCUT2D eigenvalue weighted by Crippen LogP contribution is -2.43. The molecule has 0 aromatic rings. The van der Waals surface area contributed by atoms with Crippen LogP contribution in [0.3, 0.4) is 0 Å². The summed E-state index contributed by atoms with van der Waals surface area (Å²) >= 11 is 0. The predicted molar refractivity (Wildman–Crippen MR) is 61.6 cm³/mol. The number of carbonyl (C=O) groups excluding carboxylic acids is 1. The lowest BCUT2D eigenvalue weighted by atomic mass is 10.1. The second-order valence-corrected chi connectivity index (χ2v) is 3.76. The number of nitrogens with two attached hydrogens (primary N) is 1. The van der Waals surface area contributed by atoms with E-state index in [4.69, 9.17) is 10.5 Å². The average Bonchev–Trinajstić information content (AvgIpc) is 2.22. The third-order valence-corrected chi connectivity index (χ3v) is 2.22. The molecule has 0 aliphatic carbocycles. The zero-order chi connectivity index (χ0) is 11.7. The molecule has 0 aliphatic rings. The zero-order valence-corrected chi connectivity index (χ0v) is 10.1. The second kappa shape index (κ2) is 8.68. The van der Waals surface area contributed by atoms with Crippen LogP contribution in [0.1, 0.15) is 40.0 Å². The highest BCUT2D eigenvalue weighted by molar-refractivity contribution is 5.81. The number of ether oxygens (including phenoxy) is 1. The predicted octanol–water partition coefficient (Wildman–Crippen LogP) is 1.05. The first-order valence-electron chi connectivity index (χ1n) is 5.76. The summed E-state index contributed by atoms with van der Waals surface area (Å²) in [5, 5.41) is 2.79. The van der Waals surface area contributed by atoms with Gasteiger partial charge in [-0.1, -0.05) is 19.8 Å². The van der Waals surface area contributed by atoms with Crippen molar-refractivity contribution in [3.8, 4) is 0 Å². The summed E-state index contributed by atoms with van der Waals surface area (Å²) in [7, 11) is 0. The molecule has 4 heteroatoms. The minimum Gasteiger partial charge on any atom is -0.377 e. The van der Waals surface area contributed by atoms with E-state index in [9.17, 15) is 4.79 Å². The van der Waals surface area contributed by atoms with Gasteiger partial charge in [0.05, 0.1) is 12.1 Å². The Morgan fingerprint density at radius 1 is 1.47 bits per heavy atom. The summed E-state index contributed by atoms with van der Waals surface area (Å²) in [5.74, 6) is -0.0741. The van der Waals surface area contributed by atoms with E-state index in [1.54, 1.807) is 0 Å². The molecule has 1 amide bonds. The van der Waals surface area contributed by atoms with E-state index in [0.717, 1.165) is 19.3 Å². The fourth-order valence-corrected chi connectivity index (χ4v) is 1.27. The van der Waals surface area contributed by atoms with Crippen LogP contribution < -0.4 is 11.1 Å². The van der Waals surface area contributed by atoms with Crippen LogP contribution in [-0.2, 0) is 9.53 Å². The van der Waals surface area contributed by atoms with Crippen molar-refractivity contribution in [2.45, 2.75) is 52.2 Å². The Morgan fingerprint density at radius 2 is 2.13 bits per heavy atom. The van der Waals surface area contributed by atoms with Crippen molar-refractivity contribution in [2.24, 2.45) is 5.73 Å². The van der Waals surface area contributed by atoms with E-state index in [-0.39, 0.29) is 18.1 Å². The Hall–Kier alpha value is -0.610. The maximum Gasteiger partial charge on any atom is 0.237 e. The highest BCUT2D eigenvalue weighted by Gasteiger charge is 2.13. The molecular formula is C11H24N2O2. The third-order valence-electron chi connectivity index (χ3n) is 2.22. The molecule has 0 saturated heterocycles. The van der Waals surface area contributed by atoms with Gasteiger partial charge >= 0.3 is 0 Å². The molecule has 2 atom stereocenters. The number of nitrogens with one attached hydrogen (secondary N) is 1. The molecule has 15 heavy (non-hydrogen) atoms. The quantitative estimate of drug-likeness (QED) is 0.637. The average molecular weight is 216 g/mol. The topological polar surface area (TPSA) is 64.4 Å². The standard InChI is InChI=1S/C11H24N2O2/c1-4-6-7-10(12)11(14)13-8-9(3)15-5-2/h9-10H,4-8,12H2,1-3H3,(H,13,14)/t9?,10-/m0/s1. The van der Waals surface area contributed by atoms with Crippen LogP contribution in [-0.4, -0.2) is 31.2 Å². The molecule has 0 aromatic heterocycles. The zero-order valence-electron chi connectivity index (χ0n) is 10.1. The summed E-state index contributed by atoms with van der Waals surface area (Å²) in [6.45, 7) is 7.15. The summed E-state index contributed by atoms with van der Waals surface area (Å²) in [5.41, 5.74) is 5.71. The Kier molecular flexibility index (Phi) is 8.33. The van der Waals surface area contributed by atoms with Gasteiger partial charge in [0, 0.05) is 13.2 Å². The highest BCUT2D eigenvalue weighted by atomic mass is 16.5. The van der Waals surface area contributed by atoms with Gasteiger partial charge in [-0.05, 0) is 20.3 Å². The molecule has 0 aromatic carbocycles. The third kappa shape index (κ3) is 7.33. The van der Waals surface area contributed by atoms with E-state index in [1.165, 1.54) is 0 Å². The van der Waals surface area contributed by atoms with Gasteiger partial charge in [-0.3, -0.25) is 4.79 Å². The van der Waals surface area contributed by atoms with Gasteiger partial charge in [-0.25, -0.2) is 0 Å². The maximum atomic E-state index is 11.5. The van der Waals surface area contributed by atoms with E-state index < -0.39 is 0 Å². The summed E-state index contributed by atoms with van der Waals surface area (Å²) < 4.78 is 5.30. The van der Waals surface area contributed by atoms with Gasteiger partial charge in [-0.15, -0.1) is 0 Å². The molecular weight excluding hydrogens is 192 g/mol. The molecule has 0 spiro atoms.